The molecule has 0 bridgehead atoms. The normalized spacial score (nSPS) is 15.6. The van der Waals surface area contributed by atoms with Crippen LogP contribution >= 0.6 is 11.8 Å². The van der Waals surface area contributed by atoms with Gasteiger partial charge in [-0.2, -0.15) is 11.8 Å². The highest BCUT2D eigenvalue weighted by Gasteiger charge is 2.25. The summed E-state index contributed by atoms with van der Waals surface area (Å²) in [5, 5.41) is 0. The smallest absolute Gasteiger partial charge is 0.126 e. The minimum atomic E-state index is 0.337. The summed E-state index contributed by atoms with van der Waals surface area (Å²) in [6.45, 7) is 7.17. The quantitative estimate of drug-likeness (QED) is 0.291. The number of benzene rings is 1. The van der Waals surface area contributed by atoms with E-state index < -0.39 is 0 Å². The van der Waals surface area contributed by atoms with Crippen molar-refractivity contribution in [3.63, 3.8) is 0 Å². The first-order valence-corrected chi connectivity index (χ1v) is 12.4. The third-order valence-electron chi connectivity index (χ3n) is 5.31. The molecule has 154 valence electrons. The predicted octanol–water partition coefficient (Wildman–Crippen LogP) is 7.35. The zero-order valence-corrected chi connectivity index (χ0v) is 18.7. The van der Waals surface area contributed by atoms with Crippen molar-refractivity contribution in [3.05, 3.63) is 23.3 Å². The molecule has 0 amide bonds. The Morgan fingerprint density at radius 3 is 2.30 bits per heavy atom. The average Bonchev–Trinajstić information content (AvgIpc) is 3.06. The third kappa shape index (κ3) is 8.37. The number of rotatable bonds is 15. The van der Waals surface area contributed by atoms with Gasteiger partial charge in [-0.25, -0.2) is 0 Å². The summed E-state index contributed by atoms with van der Waals surface area (Å²) in [5.74, 6) is 4.46. The molecule has 1 aliphatic rings. The van der Waals surface area contributed by atoms with Crippen molar-refractivity contribution in [3.8, 4) is 11.5 Å². The van der Waals surface area contributed by atoms with Crippen LogP contribution in [0.3, 0.4) is 0 Å². The molecule has 1 aromatic rings. The Morgan fingerprint density at radius 2 is 1.63 bits per heavy atom. The van der Waals surface area contributed by atoms with Gasteiger partial charge in [-0.1, -0.05) is 64.7 Å². The minimum Gasteiger partial charge on any atom is -0.494 e. The maximum atomic E-state index is 6.19. The van der Waals surface area contributed by atoms with Gasteiger partial charge >= 0.3 is 0 Å². The molecule has 2 rings (SSSR count). The monoisotopic (exact) mass is 392 g/mol. The summed E-state index contributed by atoms with van der Waals surface area (Å²) in [7, 11) is 0. The van der Waals surface area contributed by atoms with E-state index in [-0.39, 0.29) is 0 Å². The van der Waals surface area contributed by atoms with Crippen LogP contribution in [-0.2, 0) is 6.42 Å². The average molecular weight is 393 g/mol. The van der Waals surface area contributed by atoms with E-state index in [0.29, 0.717) is 6.10 Å². The first-order valence-electron chi connectivity index (χ1n) is 11.2. The van der Waals surface area contributed by atoms with E-state index in [2.05, 4.69) is 37.7 Å². The molecule has 1 aromatic carbocycles. The summed E-state index contributed by atoms with van der Waals surface area (Å²) in [5.41, 5.74) is 2.53. The lowest BCUT2D eigenvalue weighted by molar-refractivity contribution is 0.258. The van der Waals surface area contributed by atoms with Gasteiger partial charge in [0.05, 0.1) is 6.61 Å². The Morgan fingerprint density at radius 1 is 0.963 bits per heavy atom. The van der Waals surface area contributed by atoms with Crippen molar-refractivity contribution >= 4 is 11.8 Å². The second kappa shape index (κ2) is 13.4. The van der Waals surface area contributed by atoms with Gasteiger partial charge in [0.25, 0.3) is 0 Å². The molecule has 0 radical (unpaired) electrons. The highest BCUT2D eigenvalue weighted by Crippen LogP contribution is 2.36. The largest absolute Gasteiger partial charge is 0.494 e. The number of unbranched alkanes of at least 4 members (excludes halogenated alkanes) is 9. The number of hydrogen-bond acceptors (Lipinski definition) is 3. The van der Waals surface area contributed by atoms with Gasteiger partial charge in [0.2, 0.25) is 0 Å². The summed E-state index contributed by atoms with van der Waals surface area (Å²) in [6, 6.07) is 4.26. The molecular formula is C24H40O2S. The molecule has 2 nitrogen and oxygen atoms in total. The van der Waals surface area contributed by atoms with Crippen molar-refractivity contribution in [2.24, 2.45) is 0 Å². The molecular weight excluding hydrogens is 352 g/mol. The first kappa shape index (κ1) is 22.5. The van der Waals surface area contributed by atoms with E-state index in [1.807, 2.05) is 6.92 Å². The number of ether oxygens (including phenoxy) is 2. The Balaban J connectivity index is 1.49. The van der Waals surface area contributed by atoms with Crippen molar-refractivity contribution < 1.29 is 9.47 Å². The van der Waals surface area contributed by atoms with Crippen LogP contribution in [0.25, 0.3) is 0 Å². The number of thioether (sulfide) groups is 1. The van der Waals surface area contributed by atoms with Crippen molar-refractivity contribution in [2.45, 2.75) is 97.5 Å². The van der Waals surface area contributed by atoms with Gasteiger partial charge < -0.3 is 9.47 Å². The van der Waals surface area contributed by atoms with E-state index in [9.17, 15) is 0 Å². The van der Waals surface area contributed by atoms with Crippen LogP contribution in [0.15, 0.2) is 12.1 Å². The topological polar surface area (TPSA) is 18.5 Å². The molecule has 27 heavy (non-hydrogen) atoms. The highest BCUT2D eigenvalue weighted by atomic mass is 32.2. The summed E-state index contributed by atoms with van der Waals surface area (Å²) >= 11 is 2.06. The van der Waals surface area contributed by atoms with Crippen LogP contribution in [-0.4, -0.2) is 24.2 Å². The molecule has 1 heterocycles. The van der Waals surface area contributed by atoms with E-state index in [4.69, 9.17) is 9.47 Å². The van der Waals surface area contributed by atoms with Gasteiger partial charge in [0.1, 0.15) is 17.6 Å². The van der Waals surface area contributed by atoms with Crippen LogP contribution in [0, 0.1) is 6.92 Å². The predicted molar refractivity (Wildman–Crippen MR) is 120 cm³/mol. The zero-order valence-electron chi connectivity index (χ0n) is 17.9. The van der Waals surface area contributed by atoms with E-state index in [1.54, 1.807) is 0 Å². The molecule has 0 aromatic heterocycles. The van der Waals surface area contributed by atoms with Crippen molar-refractivity contribution in [1.29, 1.82) is 0 Å². The first-order chi connectivity index (χ1) is 13.2. The van der Waals surface area contributed by atoms with Crippen LogP contribution in [0.4, 0.5) is 0 Å². The van der Waals surface area contributed by atoms with Crippen molar-refractivity contribution in [2.75, 3.05) is 18.1 Å². The molecule has 1 unspecified atom stereocenters. The fourth-order valence-electron chi connectivity index (χ4n) is 3.83. The van der Waals surface area contributed by atoms with Gasteiger partial charge in [0.15, 0.2) is 0 Å². The maximum absolute atomic E-state index is 6.19. The lowest BCUT2D eigenvalue weighted by Gasteiger charge is -2.11. The van der Waals surface area contributed by atoms with Crippen LogP contribution in [0.2, 0.25) is 0 Å². The molecule has 0 N–H and O–H groups in total. The van der Waals surface area contributed by atoms with Gasteiger partial charge in [-0.05, 0) is 43.7 Å². The minimum absolute atomic E-state index is 0.337. The Labute approximate surface area is 171 Å². The summed E-state index contributed by atoms with van der Waals surface area (Å²) in [6.07, 6.45) is 15.5. The van der Waals surface area contributed by atoms with Crippen LogP contribution in [0.5, 0.6) is 11.5 Å². The Bertz CT molecular complexity index is 529. The molecule has 0 saturated heterocycles. The third-order valence-corrected chi connectivity index (χ3v) is 6.50. The second-order valence-corrected chi connectivity index (χ2v) is 9.01. The van der Waals surface area contributed by atoms with E-state index in [0.717, 1.165) is 30.3 Å². The van der Waals surface area contributed by atoms with Crippen LogP contribution < -0.4 is 9.47 Å². The molecule has 3 heteroatoms. The standard InChI is InChI=1S/C24H40O2S/c1-4-6-7-8-9-10-11-12-13-14-15-27-19-23-18-21-17-22(25-5-2)16-20(3)24(21)26-23/h16-17,23H,4-15,18-19H2,1-3H3. The molecule has 0 fully saturated rings. The molecule has 0 saturated carbocycles. The lowest BCUT2D eigenvalue weighted by Crippen LogP contribution is -2.16. The molecule has 1 aliphatic heterocycles. The Hall–Kier alpha value is -0.830. The molecule has 1 atom stereocenters. The molecule has 0 aliphatic carbocycles. The van der Waals surface area contributed by atoms with Gasteiger partial charge in [0, 0.05) is 17.7 Å². The van der Waals surface area contributed by atoms with Crippen molar-refractivity contribution in [1.82, 2.24) is 0 Å². The van der Waals surface area contributed by atoms with E-state index >= 15 is 0 Å². The number of hydrogen-bond donors (Lipinski definition) is 0. The fourth-order valence-corrected chi connectivity index (χ4v) is 4.86. The lowest BCUT2D eigenvalue weighted by atomic mass is 10.1. The van der Waals surface area contributed by atoms with Gasteiger partial charge in [-0.3, -0.25) is 0 Å². The zero-order chi connectivity index (χ0) is 19.3. The Kier molecular flexibility index (Phi) is 11.1. The SMILES string of the molecule is CCCCCCCCCCCCSCC1Cc2cc(OCC)cc(C)c2O1. The maximum Gasteiger partial charge on any atom is 0.126 e. The number of aryl methyl sites for hydroxylation is 1. The second-order valence-electron chi connectivity index (χ2n) is 7.86. The number of fused-ring (bicyclic) bond motifs is 1. The highest BCUT2D eigenvalue weighted by molar-refractivity contribution is 7.99. The summed E-state index contributed by atoms with van der Waals surface area (Å²) in [4.78, 5) is 0. The molecule has 0 spiro atoms. The van der Waals surface area contributed by atoms with E-state index in [1.165, 1.54) is 81.1 Å². The van der Waals surface area contributed by atoms with Crippen LogP contribution in [0.1, 0.15) is 89.2 Å². The fraction of sp³-hybridized carbons (Fsp3) is 0.750. The van der Waals surface area contributed by atoms with Gasteiger partial charge in [-0.15, -0.1) is 0 Å². The summed E-state index contributed by atoms with van der Waals surface area (Å²) < 4.78 is 11.9.